The smallest absolute Gasteiger partial charge is 0.253 e. The zero-order valence-electron chi connectivity index (χ0n) is 12.7. The number of rotatable bonds is 5. The van der Waals surface area contributed by atoms with E-state index in [1.54, 1.807) is 18.0 Å². The lowest BCUT2D eigenvalue weighted by Gasteiger charge is -2.19. The average Bonchev–Trinajstić information content (AvgIpc) is 2.45. The van der Waals surface area contributed by atoms with Gasteiger partial charge in [0.05, 0.1) is 12.2 Å². The van der Waals surface area contributed by atoms with Crippen molar-refractivity contribution in [3.8, 4) is 11.8 Å². The molecule has 1 aromatic carbocycles. The maximum absolute atomic E-state index is 13.9. The Bertz CT molecular complexity index is 547. The highest BCUT2D eigenvalue weighted by Gasteiger charge is 2.13. The van der Waals surface area contributed by atoms with Crippen molar-refractivity contribution < 1.29 is 14.3 Å². The molecule has 1 rings (SSSR count). The van der Waals surface area contributed by atoms with E-state index >= 15 is 0 Å². The summed E-state index contributed by atoms with van der Waals surface area (Å²) in [7, 11) is 5.55. The molecule has 0 atom stereocenters. The minimum atomic E-state index is -0.521. The van der Waals surface area contributed by atoms with Crippen LogP contribution in [0.4, 0.5) is 4.39 Å². The Morgan fingerprint density at radius 3 is 2.57 bits per heavy atom. The van der Waals surface area contributed by atoms with Crippen LogP contribution >= 0.6 is 0 Å². The Labute approximate surface area is 125 Å². The number of likely N-dealkylation sites (N-methyl/N-ethyl adjacent to an activating group) is 2. The fraction of sp³-hybridized carbons (Fsp3) is 0.438. The zero-order chi connectivity index (χ0) is 15.8. The van der Waals surface area contributed by atoms with Crippen LogP contribution in [-0.2, 0) is 0 Å². The van der Waals surface area contributed by atoms with E-state index in [9.17, 15) is 9.18 Å². The summed E-state index contributed by atoms with van der Waals surface area (Å²) >= 11 is 0. The third-order valence-electron chi connectivity index (χ3n) is 2.91. The molecule has 0 radical (unpaired) electrons. The summed E-state index contributed by atoms with van der Waals surface area (Å²) in [5, 5.41) is 8.63. The summed E-state index contributed by atoms with van der Waals surface area (Å²) in [5.74, 6) is 4.55. The Morgan fingerprint density at radius 2 is 2.00 bits per heavy atom. The molecule has 114 valence electrons. The second kappa shape index (κ2) is 8.40. The summed E-state index contributed by atoms with van der Waals surface area (Å²) in [6.45, 7) is 1.27. The van der Waals surface area contributed by atoms with Gasteiger partial charge in [-0.15, -0.1) is 0 Å². The molecule has 0 aromatic heterocycles. The second-order valence-corrected chi connectivity index (χ2v) is 5.00. The van der Waals surface area contributed by atoms with Gasteiger partial charge >= 0.3 is 0 Å². The van der Waals surface area contributed by atoms with Crippen LogP contribution in [0, 0.1) is 17.7 Å². The van der Waals surface area contributed by atoms with Gasteiger partial charge < -0.3 is 14.9 Å². The van der Waals surface area contributed by atoms with Crippen molar-refractivity contribution in [2.45, 2.75) is 6.42 Å². The maximum Gasteiger partial charge on any atom is 0.253 e. The number of nitrogens with zero attached hydrogens (tertiary/aromatic N) is 2. The predicted octanol–water partition coefficient (Wildman–Crippen LogP) is 1.19. The van der Waals surface area contributed by atoms with Gasteiger partial charge in [-0.1, -0.05) is 11.8 Å². The Morgan fingerprint density at radius 1 is 1.29 bits per heavy atom. The van der Waals surface area contributed by atoms with Gasteiger partial charge in [0.25, 0.3) is 5.91 Å². The number of aliphatic hydroxyl groups excluding tert-OH is 1. The van der Waals surface area contributed by atoms with E-state index < -0.39 is 5.82 Å². The minimum absolute atomic E-state index is 0.0537. The van der Waals surface area contributed by atoms with Gasteiger partial charge in [-0.3, -0.25) is 4.79 Å². The van der Waals surface area contributed by atoms with Crippen molar-refractivity contribution in [2.24, 2.45) is 0 Å². The molecule has 0 unspecified atom stereocenters. The van der Waals surface area contributed by atoms with Gasteiger partial charge in [0.2, 0.25) is 0 Å². The third-order valence-corrected chi connectivity index (χ3v) is 2.91. The summed E-state index contributed by atoms with van der Waals surface area (Å²) in [4.78, 5) is 15.7. The van der Waals surface area contributed by atoms with Crippen molar-refractivity contribution in [2.75, 3.05) is 40.8 Å². The van der Waals surface area contributed by atoms with Crippen molar-refractivity contribution in [1.29, 1.82) is 0 Å². The average molecular weight is 292 g/mol. The van der Waals surface area contributed by atoms with Crippen LogP contribution in [0.25, 0.3) is 0 Å². The SMILES string of the molecule is CN(C)CCN(C)C(=O)c1ccc(C#CCCO)c(F)c1. The molecule has 4 nitrogen and oxygen atoms in total. The number of benzene rings is 1. The number of amides is 1. The van der Waals surface area contributed by atoms with E-state index in [0.717, 1.165) is 6.54 Å². The van der Waals surface area contributed by atoms with Crippen LogP contribution in [0.1, 0.15) is 22.3 Å². The number of carbonyl (C=O) groups excluding carboxylic acids is 1. The molecule has 0 spiro atoms. The number of aliphatic hydroxyl groups is 1. The van der Waals surface area contributed by atoms with Gasteiger partial charge in [-0.2, -0.15) is 0 Å². The predicted molar refractivity (Wildman–Crippen MR) is 80.5 cm³/mol. The molecule has 0 saturated heterocycles. The van der Waals surface area contributed by atoms with E-state index in [2.05, 4.69) is 11.8 Å². The number of hydrogen-bond donors (Lipinski definition) is 1. The van der Waals surface area contributed by atoms with Gasteiger partial charge in [-0.25, -0.2) is 4.39 Å². The van der Waals surface area contributed by atoms with Gasteiger partial charge in [-0.05, 0) is 32.3 Å². The highest BCUT2D eigenvalue weighted by atomic mass is 19.1. The summed E-state index contributed by atoms with van der Waals surface area (Å²) in [6, 6.07) is 4.27. The molecule has 0 heterocycles. The van der Waals surface area contributed by atoms with Crippen LogP contribution in [0.3, 0.4) is 0 Å². The second-order valence-electron chi connectivity index (χ2n) is 5.00. The Balaban J connectivity index is 2.79. The van der Waals surface area contributed by atoms with E-state index in [0.29, 0.717) is 18.5 Å². The molecule has 0 bridgehead atoms. The van der Waals surface area contributed by atoms with E-state index in [1.165, 1.54) is 12.1 Å². The summed E-state index contributed by atoms with van der Waals surface area (Å²) in [5.41, 5.74) is 0.539. The minimum Gasteiger partial charge on any atom is -0.395 e. The fourth-order valence-corrected chi connectivity index (χ4v) is 1.64. The van der Waals surface area contributed by atoms with Gasteiger partial charge in [0.15, 0.2) is 0 Å². The highest BCUT2D eigenvalue weighted by Crippen LogP contribution is 2.11. The van der Waals surface area contributed by atoms with Crippen molar-refractivity contribution in [3.05, 3.63) is 35.1 Å². The molecule has 1 N–H and O–H groups in total. The molecule has 0 saturated carbocycles. The molecule has 0 aliphatic heterocycles. The Kier molecular flexibility index (Phi) is 6.86. The molecule has 0 aliphatic rings. The lowest BCUT2D eigenvalue weighted by atomic mass is 10.1. The number of halogens is 1. The standard InChI is InChI=1S/C16H21FN2O2/c1-18(2)9-10-19(3)16(21)14-8-7-13(15(17)12-14)6-4-5-11-20/h7-8,12,20H,5,9-11H2,1-3H3. The van der Waals surface area contributed by atoms with Crippen molar-refractivity contribution in [1.82, 2.24) is 9.80 Å². The quantitative estimate of drug-likeness (QED) is 0.829. The van der Waals surface area contributed by atoms with E-state index in [4.69, 9.17) is 5.11 Å². The third kappa shape index (κ3) is 5.54. The van der Waals surface area contributed by atoms with E-state index in [-0.39, 0.29) is 18.1 Å². The van der Waals surface area contributed by atoms with Crippen LogP contribution in [0.2, 0.25) is 0 Å². The lowest BCUT2D eigenvalue weighted by Crippen LogP contribution is -2.33. The molecule has 21 heavy (non-hydrogen) atoms. The maximum atomic E-state index is 13.9. The van der Waals surface area contributed by atoms with Crippen molar-refractivity contribution >= 4 is 5.91 Å². The number of carbonyl (C=O) groups is 1. The first-order valence-electron chi connectivity index (χ1n) is 6.75. The topological polar surface area (TPSA) is 43.8 Å². The highest BCUT2D eigenvalue weighted by molar-refractivity contribution is 5.94. The molecular formula is C16H21FN2O2. The summed E-state index contributed by atoms with van der Waals surface area (Å²) in [6.07, 6.45) is 0.299. The zero-order valence-corrected chi connectivity index (χ0v) is 12.7. The van der Waals surface area contributed by atoms with Crippen LogP contribution in [0.15, 0.2) is 18.2 Å². The summed E-state index contributed by atoms with van der Waals surface area (Å²) < 4.78 is 13.9. The van der Waals surface area contributed by atoms with Crippen molar-refractivity contribution in [3.63, 3.8) is 0 Å². The van der Waals surface area contributed by atoms with Gasteiger partial charge in [0.1, 0.15) is 5.82 Å². The monoisotopic (exact) mass is 292 g/mol. The lowest BCUT2D eigenvalue weighted by molar-refractivity contribution is 0.0786. The van der Waals surface area contributed by atoms with E-state index in [1.807, 2.05) is 19.0 Å². The fourth-order valence-electron chi connectivity index (χ4n) is 1.64. The normalized spacial score (nSPS) is 10.2. The molecule has 1 aromatic rings. The number of hydrogen-bond acceptors (Lipinski definition) is 3. The molecule has 1 amide bonds. The first kappa shape index (κ1) is 17.2. The Hall–Kier alpha value is -1.90. The van der Waals surface area contributed by atoms with Crippen LogP contribution in [0.5, 0.6) is 0 Å². The van der Waals surface area contributed by atoms with Gasteiger partial charge in [0, 0.05) is 32.1 Å². The van der Waals surface area contributed by atoms with Crippen LogP contribution in [-0.4, -0.2) is 61.7 Å². The first-order valence-corrected chi connectivity index (χ1v) is 6.75. The first-order chi connectivity index (χ1) is 9.95. The molecule has 0 aliphatic carbocycles. The molecular weight excluding hydrogens is 271 g/mol. The largest absolute Gasteiger partial charge is 0.395 e. The van der Waals surface area contributed by atoms with Crippen LogP contribution < -0.4 is 0 Å². The molecule has 5 heteroatoms. The molecule has 0 fully saturated rings.